The van der Waals surface area contributed by atoms with Gasteiger partial charge in [-0.15, -0.1) is 0 Å². The Labute approximate surface area is 170 Å². The zero-order valence-electron chi connectivity index (χ0n) is 17.0. The van der Waals surface area contributed by atoms with Gasteiger partial charge < -0.3 is 19.5 Å². The third-order valence-corrected chi connectivity index (χ3v) is 5.13. The molecule has 7 heteroatoms. The third-order valence-electron chi connectivity index (χ3n) is 5.13. The number of hydrogen-bond acceptors (Lipinski definition) is 4. The van der Waals surface area contributed by atoms with E-state index in [0.717, 1.165) is 11.3 Å². The minimum absolute atomic E-state index is 0.118. The number of hydrogen-bond donors (Lipinski definition) is 1. The van der Waals surface area contributed by atoms with Gasteiger partial charge in [-0.3, -0.25) is 4.90 Å². The number of benzene rings is 2. The Morgan fingerprint density at radius 1 is 1.14 bits per heavy atom. The Morgan fingerprint density at radius 2 is 1.79 bits per heavy atom. The highest BCUT2D eigenvalue weighted by atomic mass is 19.1. The maximum atomic E-state index is 14.1. The van der Waals surface area contributed by atoms with Gasteiger partial charge in [0.1, 0.15) is 18.2 Å². The van der Waals surface area contributed by atoms with E-state index >= 15 is 0 Å². The topological polar surface area (TPSA) is 62.2 Å². The third kappa shape index (κ3) is 5.05. The van der Waals surface area contributed by atoms with E-state index in [-0.39, 0.29) is 12.6 Å². The summed E-state index contributed by atoms with van der Waals surface area (Å²) in [5, 5.41) is 10.8. The molecule has 1 aliphatic rings. The lowest BCUT2D eigenvalue weighted by molar-refractivity contribution is -0.0681. The van der Waals surface area contributed by atoms with Crippen molar-refractivity contribution in [1.82, 2.24) is 4.90 Å². The molecule has 1 aliphatic heterocycles. The van der Waals surface area contributed by atoms with Crippen molar-refractivity contribution in [3.8, 4) is 5.75 Å². The fourth-order valence-corrected chi connectivity index (χ4v) is 3.31. The Morgan fingerprint density at radius 3 is 2.41 bits per heavy atom. The number of amides is 2. The molecular formula is C22H27FN2O4. The summed E-state index contributed by atoms with van der Waals surface area (Å²) >= 11 is 0. The van der Waals surface area contributed by atoms with Gasteiger partial charge in [-0.2, -0.15) is 0 Å². The second kappa shape index (κ2) is 8.80. The number of anilines is 1. The first-order valence-corrected chi connectivity index (χ1v) is 9.56. The van der Waals surface area contributed by atoms with Crippen LogP contribution in [0.15, 0.2) is 42.5 Å². The van der Waals surface area contributed by atoms with Crippen LogP contribution in [0.4, 0.5) is 14.9 Å². The van der Waals surface area contributed by atoms with Gasteiger partial charge in [0.15, 0.2) is 0 Å². The first-order chi connectivity index (χ1) is 13.8. The van der Waals surface area contributed by atoms with Gasteiger partial charge in [-0.1, -0.05) is 12.1 Å². The maximum Gasteiger partial charge on any atom is 0.323 e. The number of carbonyl (C=O) groups excluding carboxylic acids is 1. The van der Waals surface area contributed by atoms with Crippen LogP contribution in [-0.4, -0.2) is 50.4 Å². The van der Waals surface area contributed by atoms with Crippen molar-refractivity contribution in [3.05, 3.63) is 59.4 Å². The van der Waals surface area contributed by atoms with E-state index in [2.05, 4.69) is 0 Å². The lowest BCUT2D eigenvalue weighted by Crippen LogP contribution is -2.36. The monoisotopic (exact) mass is 402 g/mol. The molecule has 0 aliphatic carbocycles. The van der Waals surface area contributed by atoms with Crippen molar-refractivity contribution < 1.29 is 23.8 Å². The summed E-state index contributed by atoms with van der Waals surface area (Å²) in [6, 6.07) is 11.6. The SMILES string of the molecule is CN(C)C(=O)N(C)c1ccc(COc2cc(F)cc(C3(O)CCOCC3)c2)cc1. The molecule has 0 aromatic heterocycles. The van der Waals surface area contributed by atoms with Crippen LogP contribution in [0.25, 0.3) is 0 Å². The molecule has 0 bridgehead atoms. The number of carbonyl (C=O) groups is 1. The summed E-state index contributed by atoms with van der Waals surface area (Å²) in [6.07, 6.45) is 0.854. The Kier molecular flexibility index (Phi) is 6.39. The predicted molar refractivity (Wildman–Crippen MR) is 109 cm³/mol. The lowest BCUT2D eigenvalue weighted by atomic mass is 9.86. The smallest absolute Gasteiger partial charge is 0.323 e. The standard InChI is InChI=1S/C22H27FN2O4/c1-24(2)21(26)25(3)19-6-4-16(5-7-19)15-29-20-13-17(12-18(23)14-20)22(27)8-10-28-11-9-22/h4-7,12-14,27H,8-11,15H2,1-3H3. The minimum atomic E-state index is -1.09. The fourth-order valence-electron chi connectivity index (χ4n) is 3.31. The molecule has 156 valence electrons. The second-order valence-corrected chi connectivity index (χ2v) is 7.51. The van der Waals surface area contributed by atoms with Crippen molar-refractivity contribution in [3.63, 3.8) is 0 Å². The van der Waals surface area contributed by atoms with Crippen LogP contribution in [-0.2, 0) is 16.9 Å². The van der Waals surface area contributed by atoms with Crippen LogP contribution >= 0.6 is 0 Å². The molecule has 0 atom stereocenters. The van der Waals surface area contributed by atoms with E-state index in [4.69, 9.17) is 9.47 Å². The van der Waals surface area contributed by atoms with E-state index in [1.54, 1.807) is 32.1 Å². The summed E-state index contributed by atoms with van der Waals surface area (Å²) < 4.78 is 25.2. The molecule has 1 heterocycles. The Bertz CT molecular complexity index is 848. The highest BCUT2D eigenvalue weighted by molar-refractivity contribution is 5.91. The van der Waals surface area contributed by atoms with Crippen molar-refractivity contribution in [2.24, 2.45) is 0 Å². The first kappa shape index (κ1) is 21.1. The van der Waals surface area contributed by atoms with Gasteiger partial charge in [0.05, 0.1) is 5.60 Å². The Balaban J connectivity index is 1.68. The second-order valence-electron chi connectivity index (χ2n) is 7.51. The molecule has 2 amide bonds. The normalized spacial score (nSPS) is 15.6. The fraction of sp³-hybridized carbons (Fsp3) is 0.409. The molecule has 2 aromatic carbocycles. The number of halogens is 1. The summed E-state index contributed by atoms with van der Waals surface area (Å²) in [5.41, 5.74) is 1.07. The van der Waals surface area contributed by atoms with Crippen molar-refractivity contribution in [2.75, 3.05) is 39.3 Å². The van der Waals surface area contributed by atoms with Crippen molar-refractivity contribution >= 4 is 11.7 Å². The van der Waals surface area contributed by atoms with Crippen LogP contribution in [0, 0.1) is 5.82 Å². The molecule has 0 spiro atoms. The summed E-state index contributed by atoms with van der Waals surface area (Å²) in [5.74, 6) is -0.0829. The molecule has 0 unspecified atom stereocenters. The van der Waals surface area contributed by atoms with Gasteiger partial charge in [0.25, 0.3) is 0 Å². The molecule has 6 nitrogen and oxygen atoms in total. The molecule has 0 saturated carbocycles. The van der Waals surface area contributed by atoms with Gasteiger partial charge in [-0.25, -0.2) is 9.18 Å². The summed E-state index contributed by atoms with van der Waals surface area (Å²) in [7, 11) is 5.11. The molecule has 1 N–H and O–H groups in total. The van der Waals surface area contributed by atoms with Crippen LogP contribution in [0.3, 0.4) is 0 Å². The first-order valence-electron chi connectivity index (χ1n) is 9.56. The van der Waals surface area contributed by atoms with Crippen LogP contribution in [0.5, 0.6) is 5.75 Å². The average molecular weight is 402 g/mol. The van der Waals surface area contributed by atoms with Gasteiger partial charge in [0, 0.05) is 59.0 Å². The highest BCUT2D eigenvalue weighted by Gasteiger charge is 2.32. The largest absolute Gasteiger partial charge is 0.489 e. The lowest BCUT2D eigenvalue weighted by Gasteiger charge is -2.32. The predicted octanol–water partition coefficient (Wildman–Crippen LogP) is 3.52. The molecule has 0 radical (unpaired) electrons. The van der Waals surface area contributed by atoms with Gasteiger partial charge in [-0.05, 0) is 35.4 Å². The zero-order chi connectivity index (χ0) is 21.0. The molecule has 1 fully saturated rings. The quantitative estimate of drug-likeness (QED) is 0.831. The number of urea groups is 1. The van der Waals surface area contributed by atoms with Gasteiger partial charge >= 0.3 is 6.03 Å². The summed E-state index contributed by atoms with van der Waals surface area (Å²) in [6.45, 7) is 1.14. The van der Waals surface area contributed by atoms with Crippen molar-refractivity contribution in [2.45, 2.75) is 25.0 Å². The number of aliphatic hydroxyl groups is 1. The average Bonchev–Trinajstić information content (AvgIpc) is 2.71. The maximum absolute atomic E-state index is 14.1. The Hall–Kier alpha value is -2.64. The van der Waals surface area contributed by atoms with E-state index in [0.29, 0.717) is 37.4 Å². The number of nitrogens with zero attached hydrogens (tertiary/aromatic N) is 2. The highest BCUT2D eigenvalue weighted by Crippen LogP contribution is 2.34. The van der Waals surface area contributed by atoms with E-state index in [9.17, 15) is 14.3 Å². The van der Waals surface area contributed by atoms with E-state index in [1.807, 2.05) is 24.3 Å². The molecular weight excluding hydrogens is 375 g/mol. The molecule has 3 rings (SSSR count). The minimum Gasteiger partial charge on any atom is -0.489 e. The summed E-state index contributed by atoms with van der Waals surface area (Å²) in [4.78, 5) is 15.1. The van der Waals surface area contributed by atoms with Crippen LogP contribution < -0.4 is 9.64 Å². The molecule has 29 heavy (non-hydrogen) atoms. The number of rotatable bonds is 5. The van der Waals surface area contributed by atoms with E-state index in [1.165, 1.54) is 17.0 Å². The van der Waals surface area contributed by atoms with Crippen LogP contribution in [0.2, 0.25) is 0 Å². The van der Waals surface area contributed by atoms with E-state index < -0.39 is 11.4 Å². The van der Waals surface area contributed by atoms with Crippen molar-refractivity contribution in [1.29, 1.82) is 0 Å². The van der Waals surface area contributed by atoms with Gasteiger partial charge in [0.2, 0.25) is 0 Å². The molecule has 1 saturated heterocycles. The van der Waals surface area contributed by atoms with Crippen LogP contribution in [0.1, 0.15) is 24.0 Å². The molecule has 2 aromatic rings. The number of ether oxygens (including phenoxy) is 2. The zero-order valence-corrected chi connectivity index (χ0v) is 17.0.